The number of nitrogens with one attached hydrogen (secondary N) is 1. The van der Waals surface area contributed by atoms with E-state index in [9.17, 15) is 9.59 Å². The van der Waals surface area contributed by atoms with Crippen molar-refractivity contribution >= 4 is 28.7 Å². The molecule has 0 aliphatic carbocycles. The van der Waals surface area contributed by atoms with E-state index in [0.29, 0.717) is 29.1 Å². The van der Waals surface area contributed by atoms with Crippen LogP contribution < -0.4 is 16.6 Å². The highest BCUT2D eigenvalue weighted by atomic mass is 16.2. The lowest BCUT2D eigenvalue weighted by Gasteiger charge is -2.16. The SMILES string of the molecule is CCn1ccc(NC(=O)c2cc3c(C)nc(N)nc3n(C(C)C)c2=O)n1. The van der Waals surface area contributed by atoms with E-state index in [-0.39, 0.29) is 17.6 Å². The summed E-state index contributed by atoms with van der Waals surface area (Å²) in [5.74, 6) is -0.0484. The number of carbonyl (C=O) groups excluding carboxylic acids is 1. The molecule has 0 saturated heterocycles. The third-order valence-corrected chi connectivity index (χ3v) is 4.07. The van der Waals surface area contributed by atoms with Gasteiger partial charge in [-0.15, -0.1) is 0 Å². The highest BCUT2D eigenvalue weighted by Gasteiger charge is 2.20. The predicted molar refractivity (Wildman–Crippen MR) is 99.2 cm³/mol. The molecule has 0 saturated carbocycles. The number of hydrogen-bond donors (Lipinski definition) is 2. The Balaban J connectivity index is 2.15. The zero-order chi connectivity index (χ0) is 19.0. The highest BCUT2D eigenvalue weighted by molar-refractivity contribution is 6.05. The molecule has 0 spiro atoms. The molecule has 0 atom stereocenters. The summed E-state index contributed by atoms with van der Waals surface area (Å²) in [6.07, 6.45) is 1.75. The zero-order valence-electron chi connectivity index (χ0n) is 15.1. The van der Waals surface area contributed by atoms with Crippen LogP contribution in [0, 0.1) is 6.92 Å². The molecule has 136 valence electrons. The van der Waals surface area contributed by atoms with Crippen molar-refractivity contribution in [1.29, 1.82) is 0 Å². The summed E-state index contributed by atoms with van der Waals surface area (Å²) in [5.41, 5.74) is 6.33. The number of nitrogens with two attached hydrogens (primary N) is 1. The predicted octanol–water partition coefficient (Wildman–Crippen LogP) is 1.73. The molecule has 1 amide bonds. The summed E-state index contributed by atoms with van der Waals surface area (Å²) in [7, 11) is 0. The third kappa shape index (κ3) is 3.03. The van der Waals surface area contributed by atoms with Gasteiger partial charge in [0, 0.05) is 30.2 Å². The van der Waals surface area contributed by atoms with E-state index in [1.165, 1.54) is 10.6 Å². The molecule has 0 aliphatic rings. The second-order valence-corrected chi connectivity index (χ2v) is 6.24. The first-order valence-corrected chi connectivity index (χ1v) is 8.36. The maximum atomic E-state index is 12.9. The first-order valence-electron chi connectivity index (χ1n) is 8.36. The lowest BCUT2D eigenvalue weighted by Crippen LogP contribution is -2.31. The van der Waals surface area contributed by atoms with Gasteiger partial charge in [-0.2, -0.15) is 10.1 Å². The van der Waals surface area contributed by atoms with Gasteiger partial charge in [-0.05, 0) is 33.8 Å². The lowest BCUT2D eigenvalue weighted by molar-refractivity contribution is 0.102. The van der Waals surface area contributed by atoms with Crippen LogP contribution in [0.3, 0.4) is 0 Å². The number of rotatable bonds is 4. The third-order valence-electron chi connectivity index (χ3n) is 4.07. The van der Waals surface area contributed by atoms with E-state index in [0.717, 1.165) is 0 Å². The molecular weight excluding hydrogens is 334 g/mol. The van der Waals surface area contributed by atoms with Crippen molar-refractivity contribution in [1.82, 2.24) is 24.3 Å². The van der Waals surface area contributed by atoms with Crippen molar-refractivity contribution in [2.24, 2.45) is 0 Å². The largest absolute Gasteiger partial charge is 0.368 e. The Labute approximate surface area is 149 Å². The van der Waals surface area contributed by atoms with Crippen LogP contribution in [0.15, 0.2) is 23.1 Å². The van der Waals surface area contributed by atoms with Crippen LogP contribution in [0.5, 0.6) is 0 Å². The number of aromatic nitrogens is 5. The van der Waals surface area contributed by atoms with Crippen molar-refractivity contribution in [2.75, 3.05) is 11.1 Å². The van der Waals surface area contributed by atoms with E-state index >= 15 is 0 Å². The van der Waals surface area contributed by atoms with Gasteiger partial charge in [-0.25, -0.2) is 4.98 Å². The zero-order valence-corrected chi connectivity index (χ0v) is 15.1. The molecule has 3 rings (SSSR count). The van der Waals surface area contributed by atoms with Crippen LogP contribution in [0.4, 0.5) is 11.8 Å². The monoisotopic (exact) mass is 355 g/mol. The fourth-order valence-electron chi connectivity index (χ4n) is 2.80. The van der Waals surface area contributed by atoms with Crippen LogP contribution in [0.25, 0.3) is 11.0 Å². The fraction of sp³-hybridized carbons (Fsp3) is 0.353. The number of nitrogens with zero attached hydrogens (tertiary/aromatic N) is 5. The molecule has 0 bridgehead atoms. The lowest BCUT2D eigenvalue weighted by atomic mass is 10.1. The first kappa shape index (κ1) is 17.6. The Kier molecular flexibility index (Phi) is 4.45. The minimum Gasteiger partial charge on any atom is -0.368 e. The summed E-state index contributed by atoms with van der Waals surface area (Å²) in [6, 6.07) is 2.99. The van der Waals surface area contributed by atoms with Crippen LogP contribution in [-0.4, -0.2) is 30.2 Å². The molecule has 9 nitrogen and oxygen atoms in total. The number of hydrogen-bond acceptors (Lipinski definition) is 6. The number of anilines is 2. The van der Waals surface area contributed by atoms with Gasteiger partial charge in [-0.3, -0.25) is 18.8 Å². The van der Waals surface area contributed by atoms with Crippen LogP contribution in [-0.2, 0) is 6.54 Å². The summed E-state index contributed by atoms with van der Waals surface area (Å²) in [4.78, 5) is 33.9. The molecule has 0 aromatic carbocycles. The molecule has 0 unspecified atom stereocenters. The van der Waals surface area contributed by atoms with E-state index in [2.05, 4.69) is 20.4 Å². The fourth-order valence-corrected chi connectivity index (χ4v) is 2.80. The van der Waals surface area contributed by atoms with E-state index in [1.807, 2.05) is 20.8 Å². The molecule has 26 heavy (non-hydrogen) atoms. The van der Waals surface area contributed by atoms with Crippen molar-refractivity contribution in [3.63, 3.8) is 0 Å². The number of carbonyl (C=O) groups is 1. The summed E-state index contributed by atoms with van der Waals surface area (Å²) in [5, 5.41) is 7.48. The molecule has 9 heteroatoms. The summed E-state index contributed by atoms with van der Waals surface area (Å²) >= 11 is 0. The average Bonchev–Trinajstić information content (AvgIpc) is 3.01. The van der Waals surface area contributed by atoms with Crippen molar-refractivity contribution in [3.8, 4) is 0 Å². The Bertz CT molecular complexity index is 1050. The Hall–Kier alpha value is -3.23. The number of nitrogen functional groups attached to an aromatic ring is 1. The molecule has 0 fully saturated rings. The van der Waals surface area contributed by atoms with Gasteiger partial charge in [0.25, 0.3) is 11.5 Å². The Morgan fingerprint density at radius 2 is 2.08 bits per heavy atom. The molecule has 3 aromatic rings. The number of aryl methyl sites for hydroxylation is 2. The smallest absolute Gasteiger partial charge is 0.265 e. The maximum absolute atomic E-state index is 12.9. The molecule has 3 heterocycles. The maximum Gasteiger partial charge on any atom is 0.265 e. The normalized spacial score (nSPS) is 11.3. The van der Waals surface area contributed by atoms with E-state index < -0.39 is 11.5 Å². The van der Waals surface area contributed by atoms with Crippen molar-refractivity contribution in [2.45, 2.75) is 40.3 Å². The molecule has 0 aliphatic heterocycles. The van der Waals surface area contributed by atoms with Crippen LogP contribution in [0.1, 0.15) is 42.9 Å². The molecule has 3 N–H and O–H groups in total. The summed E-state index contributed by atoms with van der Waals surface area (Å²) < 4.78 is 3.14. The minimum atomic E-state index is -0.524. The van der Waals surface area contributed by atoms with Gasteiger partial charge in [0.05, 0.1) is 5.69 Å². The molecule has 3 aromatic heterocycles. The van der Waals surface area contributed by atoms with Crippen molar-refractivity contribution < 1.29 is 4.79 Å². The topological polar surface area (TPSA) is 121 Å². The van der Waals surface area contributed by atoms with Gasteiger partial charge >= 0.3 is 0 Å². The minimum absolute atomic E-state index is 0.00807. The second-order valence-electron chi connectivity index (χ2n) is 6.24. The van der Waals surface area contributed by atoms with Crippen molar-refractivity contribution in [3.05, 3.63) is 39.9 Å². The van der Waals surface area contributed by atoms with Gasteiger partial charge in [-0.1, -0.05) is 0 Å². The van der Waals surface area contributed by atoms with E-state index in [4.69, 9.17) is 5.73 Å². The number of amides is 1. The molecule has 0 radical (unpaired) electrons. The Morgan fingerprint density at radius 3 is 2.69 bits per heavy atom. The molecular formula is C17H21N7O2. The Morgan fingerprint density at radius 1 is 1.35 bits per heavy atom. The van der Waals surface area contributed by atoms with Gasteiger partial charge in [0.1, 0.15) is 11.2 Å². The van der Waals surface area contributed by atoms with Crippen LogP contribution in [0.2, 0.25) is 0 Å². The van der Waals surface area contributed by atoms with Crippen LogP contribution >= 0.6 is 0 Å². The second kappa shape index (κ2) is 6.58. The van der Waals surface area contributed by atoms with E-state index in [1.54, 1.807) is 23.9 Å². The van der Waals surface area contributed by atoms with Gasteiger partial charge in [0.2, 0.25) is 5.95 Å². The highest BCUT2D eigenvalue weighted by Crippen LogP contribution is 2.19. The van der Waals surface area contributed by atoms with Gasteiger partial charge < -0.3 is 11.1 Å². The number of pyridine rings is 1. The first-order chi connectivity index (χ1) is 12.3. The quantitative estimate of drug-likeness (QED) is 0.735. The standard InChI is InChI=1S/C17H21N7O2/c1-5-23-7-6-13(22-23)20-15(25)12-8-11-10(4)19-17(18)21-14(11)24(9(2)3)16(12)26/h6-9H,5H2,1-4H3,(H2,18,19,21)(H,20,22,25). The van der Waals surface area contributed by atoms with Gasteiger partial charge in [0.15, 0.2) is 5.82 Å². The average molecular weight is 355 g/mol. The number of fused-ring (bicyclic) bond motifs is 1. The summed E-state index contributed by atoms with van der Waals surface area (Å²) in [6.45, 7) is 8.08.